The van der Waals surface area contributed by atoms with Crippen molar-refractivity contribution in [1.29, 1.82) is 0 Å². The standard InChI is InChI=1S/C11H15F3N2O3S/c12-11(13,14)9-16(6-7-17)20(18,19)8-3-10-1-4-15-5-2-10/h1-2,4-5,17H,3,6-9H2. The van der Waals surface area contributed by atoms with Crippen LogP contribution in [0.25, 0.3) is 0 Å². The van der Waals surface area contributed by atoms with Crippen molar-refractivity contribution in [2.45, 2.75) is 12.6 Å². The van der Waals surface area contributed by atoms with Gasteiger partial charge in [-0.2, -0.15) is 17.5 Å². The van der Waals surface area contributed by atoms with E-state index < -0.39 is 41.6 Å². The van der Waals surface area contributed by atoms with Crippen LogP contribution in [0.1, 0.15) is 5.56 Å². The Morgan fingerprint density at radius 1 is 1.25 bits per heavy atom. The molecule has 1 N–H and O–H groups in total. The number of sulfonamides is 1. The van der Waals surface area contributed by atoms with Crippen LogP contribution in [0.15, 0.2) is 24.5 Å². The van der Waals surface area contributed by atoms with E-state index in [4.69, 9.17) is 5.11 Å². The van der Waals surface area contributed by atoms with Crippen LogP contribution in [0.3, 0.4) is 0 Å². The summed E-state index contributed by atoms with van der Waals surface area (Å²) in [6.07, 6.45) is -1.60. The second-order valence-corrected chi connectivity index (χ2v) is 6.18. The molecule has 9 heteroatoms. The minimum atomic E-state index is -4.64. The van der Waals surface area contributed by atoms with Gasteiger partial charge in [-0.05, 0) is 24.1 Å². The number of nitrogens with zero attached hydrogens (tertiary/aromatic N) is 2. The summed E-state index contributed by atoms with van der Waals surface area (Å²) in [5, 5.41) is 8.70. The summed E-state index contributed by atoms with van der Waals surface area (Å²) in [4.78, 5) is 3.76. The molecule has 0 fully saturated rings. The molecular weight excluding hydrogens is 297 g/mol. The first-order chi connectivity index (χ1) is 9.24. The molecule has 1 heterocycles. The third kappa shape index (κ3) is 5.85. The van der Waals surface area contributed by atoms with Gasteiger partial charge in [0.15, 0.2) is 0 Å². The largest absolute Gasteiger partial charge is 0.402 e. The Kier molecular flexibility index (Phi) is 5.90. The van der Waals surface area contributed by atoms with Crippen LogP contribution in [0.5, 0.6) is 0 Å². The highest BCUT2D eigenvalue weighted by atomic mass is 32.2. The molecule has 114 valence electrons. The molecule has 1 rings (SSSR count). The second-order valence-electron chi connectivity index (χ2n) is 4.09. The number of aryl methyl sites for hydroxylation is 1. The van der Waals surface area contributed by atoms with Crippen molar-refractivity contribution in [1.82, 2.24) is 9.29 Å². The van der Waals surface area contributed by atoms with Crippen LogP contribution < -0.4 is 0 Å². The van der Waals surface area contributed by atoms with Crippen LogP contribution in [0.2, 0.25) is 0 Å². The highest BCUT2D eigenvalue weighted by Gasteiger charge is 2.35. The van der Waals surface area contributed by atoms with E-state index in [9.17, 15) is 21.6 Å². The number of aliphatic hydroxyl groups is 1. The molecule has 1 aromatic heterocycles. The SMILES string of the molecule is O=S(=O)(CCc1ccncc1)N(CCO)CC(F)(F)F. The first kappa shape index (κ1) is 16.9. The summed E-state index contributed by atoms with van der Waals surface area (Å²) in [7, 11) is -4.08. The lowest BCUT2D eigenvalue weighted by Crippen LogP contribution is -2.42. The number of halogens is 3. The minimum Gasteiger partial charge on any atom is -0.395 e. The number of aromatic nitrogens is 1. The van der Waals surface area contributed by atoms with Gasteiger partial charge in [0, 0.05) is 18.9 Å². The molecule has 5 nitrogen and oxygen atoms in total. The van der Waals surface area contributed by atoms with Gasteiger partial charge in [-0.15, -0.1) is 0 Å². The molecule has 0 radical (unpaired) electrons. The van der Waals surface area contributed by atoms with Gasteiger partial charge < -0.3 is 5.11 Å². The maximum Gasteiger partial charge on any atom is 0.402 e. The van der Waals surface area contributed by atoms with Crippen LogP contribution in [-0.2, 0) is 16.4 Å². The van der Waals surface area contributed by atoms with Crippen LogP contribution in [0.4, 0.5) is 13.2 Å². The molecule has 0 spiro atoms. The molecule has 1 aromatic rings. The molecule has 20 heavy (non-hydrogen) atoms. The Balaban J connectivity index is 2.72. The molecule has 0 amide bonds. The van der Waals surface area contributed by atoms with Gasteiger partial charge >= 0.3 is 6.18 Å². The predicted molar refractivity (Wildman–Crippen MR) is 66.4 cm³/mol. The Hall–Kier alpha value is -1.19. The summed E-state index contributed by atoms with van der Waals surface area (Å²) < 4.78 is 61.0. The average molecular weight is 312 g/mol. The summed E-state index contributed by atoms with van der Waals surface area (Å²) in [6.45, 7) is -2.82. The number of aliphatic hydroxyl groups excluding tert-OH is 1. The van der Waals surface area contributed by atoms with E-state index in [2.05, 4.69) is 4.98 Å². The van der Waals surface area contributed by atoms with Gasteiger partial charge in [0.05, 0.1) is 12.4 Å². The maximum atomic E-state index is 12.3. The molecule has 0 saturated heterocycles. The van der Waals surface area contributed by atoms with E-state index in [1.807, 2.05) is 0 Å². The van der Waals surface area contributed by atoms with Gasteiger partial charge in [0.25, 0.3) is 0 Å². The van der Waals surface area contributed by atoms with Crippen molar-refractivity contribution in [2.75, 3.05) is 25.4 Å². The minimum absolute atomic E-state index is 0.0879. The lowest BCUT2D eigenvalue weighted by Gasteiger charge is -2.22. The average Bonchev–Trinajstić information content (AvgIpc) is 2.36. The van der Waals surface area contributed by atoms with Gasteiger partial charge in [0.1, 0.15) is 6.54 Å². The predicted octanol–water partition coefficient (Wildman–Crippen LogP) is 0.810. The first-order valence-corrected chi connectivity index (χ1v) is 7.40. The number of hydrogen-bond donors (Lipinski definition) is 1. The number of rotatable bonds is 7. The Bertz CT molecular complexity index is 505. The molecule has 0 bridgehead atoms. The summed E-state index contributed by atoms with van der Waals surface area (Å²) in [6, 6.07) is 3.19. The van der Waals surface area contributed by atoms with E-state index in [0.29, 0.717) is 5.56 Å². The van der Waals surface area contributed by atoms with E-state index in [-0.39, 0.29) is 10.7 Å². The van der Waals surface area contributed by atoms with E-state index in [1.165, 1.54) is 12.4 Å². The number of pyridine rings is 1. The molecule has 0 aliphatic rings. The van der Waals surface area contributed by atoms with Crippen molar-refractivity contribution >= 4 is 10.0 Å². The van der Waals surface area contributed by atoms with Crippen molar-refractivity contribution in [3.05, 3.63) is 30.1 Å². The van der Waals surface area contributed by atoms with Gasteiger partial charge in [-0.3, -0.25) is 4.98 Å². The van der Waals surface area contributed by atoms with Crippen molar-refractivity contribution in [3.63, 3.8) is 0 Å². The highest BCUT2D eigenvalue weighted by molar-refractivity contribution is 7.89. The van der Waals surface area contributed by atoms with E-state index in [0.717, 1.165) is 0 Å². The first-order valence-electron chi connectivity index (χ1n) is 5.79. The molecule has 0 unspecified atom stereocenters. The van der Waals surface area contributed by atoms with Crippen molar-refractivity contribution in [2.24, 2.45) is 0 Å². The topological polar surface area (TPSA) is 70.5 Å². The third-order valence-electron chi connectivity index (χ3n) is 2.50. The smallest absolute Gasteiger partial charge is 0.395 e. The lowest BCUT2D eigenvalue weighted by atomic mass is 10.2. The fraction of sp³-hybridized carbons (Fsp3) is 0.545. The zero-order valence-corrected chi connectivity index (χ0v) is 11.4. The number of alkyl halides is 3. The molecule has 0 atom stereocenters. The molecular formula is C11H15F3N2O3S. The maximum absolute atomic E-state index is 12.3. The zero-order valence-electron chi connectivity index (χ0n) is 10.5. The van der Waals surface area contributed by atoms with Crippen LogP contribution in [0, 0.1) is 0 Å². The molecule has 0 aromatic carbocycles. The molecule has 0 saturated carbocycles. The van der Waals surface area contributed by atoms with Gasteiger partial charge in [-0.1, -0.05) is 0 Å². The highest BCUT2D eigenvalue weighted by Crippen LogP contribution is 2.19. The fourth-order valence-electron chi connectivity index (χ4n) is 1.55. The summed E-state index contributed by atoms with van der Waals surface area (Å²) in [5.74, 6) is -0.451. The van der Waals surface area contributed by atoms with E-state index >= 15 is 0 Å². The number of hydrogen-bond acceptors (Lipinski definition) is 4. The van der Waals surface area contributed by atoms with E-state index in [1.54, 1.807) is 12.1 Å². The van der Waals surface area contributed by atoms with Crippen LogP contribution >= 0.6 is 0 Å². The summed E-state index contributed by atoms with van der Waals surface area (Å²) in [5.41, 5.74) is 0.666. The Labute approximate surface area is 115 Å². The fourth-order valence-corrected chi connectivity index (χ4v) is 3.01. The molecule has 0 aliphatic carbocycles. The normalized spacial score (nSPS) is 12.8. The summed E-state index contributed by atoms with van der Waals surface area (Å²) >= 11 is 0. The zero-order chi connectivity index (χ0) is 15.2. The lowest BCUT2D eigenvalue weighted by molar-refractivity contribution is -0.136. The quantitative estimate of drug-likeness (QED) is 0.809. The Morgan fingerprint density at radius 2 is 1.85 bits per heavy atom. The monoisotopic (exact) mass is 312 g/mol. The van der Waals surface area contributed by atoms with Crippen LogP contribution in [-0.4, -0.2) is 54.4 Å². The Morgan fingerprint density at radius 3 is 2.35 bits per heavy atom. The van der Waals surface area contributed by atoms with Gasteiger partial charge in [-0.25, -0.2) is 8.42 Å². The van der Waals surface area contributed by atoms with Gasteiger partial charge in [0.2, 0.25) is 10.0 Å². The second kappa shape index (κ2) is 7.00. The third-order valence-corrected chi connectivity index (χ3v) is 4.31. The molecule has 0 aliphatic heterocycles. The van der Waals surface area contributed by atoms with Crippen molar-refractivity contribution in [3.8, 4) is 0 Å². The van der Waals surface area contributed by atoms with Crippen molar-refractivity contribution < 1.29 is 26.7 Å².